The van der Waals surface area contributed by atoms with Crippen LogP contribution in [0.2, 0.25) is 0 Å². The van der Waals surface area contributed by atoms with Crippen molar-refractivity contribution >= 4 is 17.7 Å². The molecule has 2 heterocycles. The van der Waals surface area contributed by atoms with Crippen LogP contribution < -0.4 is 10.2 Å². The average Bonchev–Trinajstić information content (AvgIpc) is 2.91. The van der Waals surface area contributed by atoms with Crippen molar-refractivity contribution in [3.63, 3.8) is 0 Å². The summed E-state index contributed by atoms with van der Waals surface area (Å²) in [5.74, 6) is 0.619. The van der Waals surface area contributed by atoms with E-state index in [1.54, 1.807) is 4.90 Å². The Morgan fingerprint density at radius 1 is 1.20 bits per heavy atom. The Morgan fingerprint density at radius 3 is 2.56 bits per heavy atom. The summed E-state index contributed by atoms with van der Waals surface area (Å²) < 4.78 is 5.45. The lowest BCUT2D eigenvalue weighted by molar-refractivity contribution is -0.125. The van der Waals surface area contributed by atoms with Gasteiger partial charge in [0.15, 0.2) is 0 Å². The Hall–Kier alpha value is -2.24. The third-order valence-electron chi connectivity index (χ3n) is 5.92. The van der Waals surface area contributed by atoms with Crippen LogP contribution in [0, 0.1) is 5.92 Å². The van der Waals surface area contributed by atoms with E-state index in [9.17, 15) is 9.59 Å². The highest BCUT2D eigenvalue weighted by atomic mass is 16.6. The van der Waals surface area contributed by atoms with Gasteiger partial charge in [-0.3, -0.25) is 4.79 Å². The van der Waals surface area contributed by atoms with Gasteiger partial charge >= 0.3 is 6.09 Å². The third kappa shape index (κ3) is 2.94. The van der Waals surface area contributed by atoms with Crippen molar-refractivity contribution in [3.8, 4) is 0 Å². The van der Waals surface area contributed by atoms with Crippen LogP contribution in [0.15, 0.2) is 30.3 Å². The second kappa shape index (κ2) is 6.58. The molecule has 1 aromatic carbocycles. The molecular weight excluding hydrogens is 318 g/mol. The van der Waals surface area contributed by atoms with Crippen LogP contribution >= 0.6 is 0 Å². The van der Waals surface area contributed by atoms with Gasteiger partial charge in [0, 0.05) is 18.8 Å². The number of anilines is 1. The first kappa shape index (κ1) is 16.2. The van der Waals surface area contributed by atoms with Crippen molar-refractivity contribution in [1.82, 2.24) is 10.2 Å². The highest BCUT2D eigenvalue weighted by Gasteiger charge is 2.51. The first-order valence-electron chi connectivity index (χ1n) is 9.22. The van der Waals surface area contributed by atoms with Gasteiger partial charge in [-0.15, -0.1) is 0 Å². The molecule has 3 fully saturated rings. The molecule has 0 aromatic heterocycles. The van der Waals surface area contributed by atoms with Crippen molar-refractivity contribution < 1.29 is 14.3 Å². The predicted octanol–water partition coefficient (Wildman–Crippen LogP) is 2.35. The Bertz CT molecular complexity index is 637. The maximum atomic E-state index is 12.6. The fourth-order valence-corrected chi connectivity index (χ4v) is 4.03. The molecule has 6 nitrogen and oxygen atoms in total. The maximum Gasteiger partial charge on any atom is 0.409 e. The summed E-state index contributed by atoms with van der Waals surface area (Å²) in [6.45, 7) is 2.17. The molecule has 4 rings (SSSR count). The summed E-state index contributed by atoms with van der Waals surface area (Å²) in [6, 6.07) is 10.0. The molecule has 25 heavy (non-hydrogen) atoms. The van der Waals surface area contributed by atoms with Crippen LogP contribution in [0.4, 0.5) is 10.5 Å². The van der Waals surface area contributed by atoms with E-state index in [-0.39, 0.29) is 12.0 Å². The standard InChI is InChI=1S/C19H25N3O3/c23-17-19(22(14-20-17)16-7-2-1-3-8-16)9-11-21(12-10-19)18(24)25-13-15-5-4-6-15/h1-3,7-8,15H,4-6,9-14H2,(H,20,23). The van der Waals surface area contributed by atoms with Crippen LogP contribution in [0.25, 0.3) is 0 Å². The van der Waals surface area contributed by atoms with Crippen LogP contribution in [0.5, 0.6) is 0 Å². The SMILES string of the molecule is O=C(OCC1CCC1)N1CCC2(CC1)C(=O)NCN2c1ccccc1. The summed E-state index contributed by atoms with van der Waals surface area (Å²) in [4.78, 5) is 28.7. The number of nitrogens with zero attached hydrogens (tertiary/aromatic N) is 2. The lowest BCUT2D eigenvalue weighted by Gasteiger charge is -2.43. The van der Waals surface area contributed by atoms with Gasteiger partial charge in [-0.1, -0.05) is 24.6 Å². The molecule has 0 radical (unpaired) electrons. The van der Waals surface area contributed by atoms with Crippen molar-refractivity contribution in [2.24, 2.45) is 5.92 Å². The Morgan fingerprint density at radius 2 is 1.92 bits per heavy atom. The van der Waals surface area contributed by atoms with E-state index in [2.05, 4.69) is 10.2 Å². The van der Waals surface area contributed by atoms with E-state index in [4.69, 9.17) is 4.74 Å². The van der Waals surface area contributed by atoms with Crippen LogP contribution in [0.3, 0.4) is 0 Å². The lowest BCUT2D eigenvalue weighted by atomic mass is 9.85. The lowest BCUT2D eigenvalue weighted by Crippen LogP contribution is -2.57. The molecule has 1 N–H and O–H groups in total. The van der Waals surface area contributed by atoms with Gasteiger partial charge in [0.25, 0.3) is 0 Å². The monoisotopic (exact) mass is 343 g/mol. The van der Waals surface area contributed by atoms with Crippen molar-refractivity contribution in [3.05, 3.63) is 30.3 Å². The molecular formula is C19H25N3O3. The topological polar surface area (TPSA) is 61.9 Å². The number of ether oxygens (including phenoxy) is 1. The maximum absolute atomic E-state index is 12.6. The highest BCUT2D eigenvalue weighted by Crippen LogP contribution is 2.36. The molecule has 0 unspecified atom stereocenters. The Balaban J connectivity index is 1.40. The average molecular weight is 343 g/mol. The van der Waals surface area contributed by atoms with E-state index in [1.807, 2.05) is 30.3 Å². The number of benzene rings is 1. The van der Waals surface area contributed by atoms with Gasteiger partial charge in [-0.2, -0.15) is 0 Å². The van der Waals surface area contributed by atoms with Gasteiger partial charge < -0.3 is 19.9 Å². The number of rotatable bonds is 3. The molecule has 2 saturated heterocycles. The molecule has 1 aromatic rings. The molecule has 134 valence electrons. The van der Waals surface area contributed by atoms with Crippen LogP contribution in [-0.2, 0) is 9.53 Å². The minimum atomic E-state index is -0.549. The zero-order chi connectivity index (χ0) is 17.3. The van der Waals surface area contributed by atoms with Crippen LogP contribution in [0.1, 0.15) is 32.1 Å². The predicted molar refractivity (Wildman–Crippen MR) is 94.2 cm³/mol. The molecule has 0 bridgehead atoms. The van der Waals surface area contributed by atoms with E-state index in [0.717, 1.165) is 5.69 Å². The second-order valence-corrected chi connectivity index (χ2v) is 7.32. The Kier molecular flexibility index (Phi) is 4.27. The summed E-state index contributed by atoms with van der Waals surface area (Å²) in [5.41, 5.74) is 0.494. The minimum Gasteiger partial charge on any atom is -0.449 e. The number of amides is 2. The summed E-state index contributed by atoms with van der Waals surface area (Å²) in [6.07, 6.45) is 4.62. The zero-order valence-corrected chi connectivity index (χ0v) is 14.4. The van der Waals surface area contributed by atoms with Gasteiger partial charge in [-0.05, 0) is 43.7 Å². The summed E-state index contributed by atoms with van der Waals surface area (Å²) in [5, 5.41) is 2.98. The minimum absolute atomic E-state index is 0.0684. The third-order valence-corrected chi connectivity index (χ3v) is 5.92. The van der Waals surface area contributed by atoms with Crippen molar-refractivity contribution in [2.45, 2.75) is 37.6 Å². The number of hydrogen-bond donors (Lipinski definition) is 1. The largest absolute Gasteiger partial charge is 0.449 e. The molecule has 1 spiro atoms. The van der Waals surface area contributed by atoms with E-state index in [1.165, 1.54) is 19.3 Å². The molecule has 6 heteroatoms. The molecule has 1 saturated carbocycles. The number of likely N-dealkylation sites (tertiary alicyclic amines) is 1. The molecule has 0 atom stereocenters. The van der Waals surface area contributed by atoms with Crippen molar-refractivity contribution in [2.75, 3.05) is 31.3 Å². The van der Waals surface area contributed by atoms with E-state index in [0.29, 0.717) is 45.1 Å². The number of carbonyl (C=O) groups is 2. The number of para-hydroxylation sites is 1. The number of nitrogens with one attached hydrogen (secondary N) is 1. The van der Waals surface area contributed by atoms with Gasteiger partial charge in [-0.25, -0.2) is 4.79 Å². The van der Waals surface area contributed by atoms with Crippen LogP contribution in [-0.4, -0.2) is 48.8 Å². The number of carbonyl (C=O) groups excluding carboxylic acids is 2. The van der Waals surface area contributed by atoms with Gasteiger partial charge in [0.1, 0.15) is 5.54 Å². The highest BCUT2D eigenvalue weighted by molar-refractivity contribution is 5.93. The normalized spacial score (nSPS) is 22.6. The molecule has 1 aliphatic carbocycles. The summed E-state index contributed by atoms with van der Waals surface area (Å²) >= 11 is 0. The smallest absolute Gasteiger partial charge is 0.409 e. The van der Waals surface area contributed by atoms with E-state index >= 15 is 0 Å². The van der Waals surface area contributed by atoms with Crippen molar-refractivity contribution in [1.29, 1.82) is 0 Å². The number of hydrogen-bond acceptors (Lipinski definition) is 4. The first-order valence-corrected chi connectivity index (χ1v) is 9.22. The fourth-order valence-electron chi connectivity index (χ4n) is 4.03. The van der Waals surface area contributed by atoms with Gasteiger partial charge in [0.05, 0.1) is 13.3 Å². The summed E-state index contributed by atoms with van der Waals surface area (Å²) in [7, 11) is 0. The fraction of sp³-hybridized carbons (Fsp3) is 0.579. The second-order valence-electron chi connectivity index (χ2n) is 7.32. The molecule has 2 aliphatic heterocycles. The van der Waals surface area contributed by atoms with E-state index < -0.39 is 5.54 Å². The quantitative estimate of drug-likeness (QED) is 0.915. The molecule has 2 amide bonds. The first-order chi connectivity index (χ1) is 12.2. The zero-order valence-electron chi connectivity index (χ0n) is 14.4. The molecule has 3 aliphatic rings. The van der Waals surface area contributed by atoms with Gasteiger partial charge in [0.2, 0.25) is 5.91 Å². The number of piperidine rings is 1. The Labute approximate surface area is 148 Å².